The highest BCUT2D eigenvalue weighted by molar-refractivity contribution is 7.98. The summed E-state index contributed by atoms with van der Waals surface area (Å²) in [6, 6.07) is 2.10. The Bertz CT molecular complexity index is 946. The number of carbonyl (C=O) groups is 2. The number of amides is 2. The van der Waals surface area contributed by atoms with E-state index in [1.165, 1.54) is 23.5 Å². The summed E-state index contributed by atoms with van der Waals surface area (Å²) in [5.74, 6) is -0.281. The molecule has 0 saturated carbocycles. The van der Waals surface area contributed by atoms with Crippen LogP contribution in [0.15, 0.2) is 23.1 Å². The molecule has 0 bridgehead atoms. The summed E-state index contributed by atoms with van der Waals surface area (Å²) in [6.07, 6.45) is 4.00. The van der Waals surface area contributed by atoms with Crippen LogP contribution in [0.5, 0.6) is 0 Å². The molecule has 2 aromatic rings. The second-order valence-corrected chi connectivity index (χ2v) is 7.45. The summed E-state index contributed by atoms with van der Waals surface area (Å²) in [5, 5.41) is 2.70. The van der Waals surface area contributed by atoms with Crippen LogP contribution in [0, 0.1) is 5.82 Å². The minimum atomic E-state index is -0.620. The highest BCUT2D eigenvalue weighted by atomic mass is 32.2. The topological polar surface area (TPSA) is 83.8 Å². The van der Waals surface area contributed by atoms with Gasteiger partial charge in [0.1, 0.15) is 17.5 Å². The van der Waals surface area contributed by atoms with Gasteiger partial charge in [0.2, 0.25) is 11.8 Å². The van der Waals surface area contributed by atoms with Gasteiger partial charge in [-0.15, -0.1) is 0 Å². The van der Waals surface area contributed by atoms with Gasteiger partial charge in [-0.1, -0.05) is 0 Å². The van der Waals surface area contributed by atoms with Gasteiger partial charge in [-0.25, -0.2) is 9.37 Å². The second kappa shape index (κ2) is 8.08. The maximum Gasteiger partial charge on any atom is 0.263 e. The fraction of sp³-hybridized carbons (Fsp3) is 0.444. The molecule has 0 spiro atoms. The molecule has 0 fully saturated rings. The fourth-order valence-electron chi connectivity index (χ4n) is 3.22. The molecule has 1 atom stereocenters. The zero-order chi connectivity index (χ0) is 19.6. The van der Waals surface area contributed by atoms with Gasteiger partial charge < -0.3 is 10.2 Å². The van der Waals surface area contributed by atoms with E-state index in [0.717, 1.165) is 11.9 Å². The molecule has 9 heteroatoms. The van der Waals surface area contributed by atoms with Crippen LogP contribution in [0.3, 0.4) is 0 Å². The van der Waals surface area contributed by atoms with Gasteiger partial charge in [-0.2, -0.15) is 11.8 Å². The van der Waals surface area contributed by atoms with Crippen molar-refractivity contribution in [2.24, 2.45) is 0 Å². The normalized spacial score (nSPS) is 14.7. The monoisotopic (exact) mass is 392 g/mol. The van der Waals surface area contributed by atoms with Gasteiger partial charge in [0.05, 0.1) is 17.8 Å². The van der Waals surface area contributed by atoms with Crippen LogP contribution < -0.4 is 10.9 Å². The third-order valence-corrected chi connectivity index (χ3v) is 5.18. The van der Waals surface area contributed by atoms with Crippen molar-refractivity contribution in [3.63, 3.8) is 0 Å². The molecular formula is C18H21FN4O3S. The molecule has 0 radical (unpaired) electrons. The van der Waals surface area contributed by atoms with Gasteiger partial charge >= 0.3 is 0 Å². The lowest BCUT2D eigenvalue weighted by atomic mass is 10.0. The number of nitrogens with one attached hydrogen (secondary N) is 1. The van der Waals surface area contributed by atoms with E-state index in [2.05, 4.69) is 10.3 Å². The van der Waals surface area contributed by atoms with Crippen molar-refractivity contribution in [2.45, 2.75) is 32.4 Å². The summed E-state index contributed by atoms with van der Waals surface area (Å²) in [6.45, 7) is 1.90. The lowest BCUT2D eigenvalue weighted by Gasteiger charge is -2.31. The number of thioether (sulfide) groups is 1. The number of rotatable bonds is 5. The second-order valence-electron chi connectivity index (χ2n) is 6.46. The number of pyridine rings is 1. The molecule has 1 aliphatic rings. The highest BCUT2D eigenvalue weighted by Crippen LogP contribution is 2.17. The molecule has 0 aliphatic carbocycles. The molecule has 2 aromatic heterocycles. The van der Waals surface area contributed by atoms with E-state index in [0.29, 0.717) is 36.3 Å². The summed E-state index contributed by atoms with van der Waals surface area (Å²) < 4.78 is 14.7. The molecule has 1 N–H and O–H groups in total. The molecule has 144 valence electrons. The van der Waals surface area contributed by atoms with Crippen molar-refractivity contribution in [3.05, 3.63) is 45.8 Å². The van der Waals surface area contributed by atoms with Crippen molar-refractivity contribution in [3.8, 4) is 0 Å². The number of hydrogen-bond donors (Lipinski definition) is 1. The van der Waals surface area contributed by atoms with Gasteiger partial charge in [0, 0.05) is 26.1 Å². The van der Waals surface area contributed by atoms with Crippen LogP contribution in [0.25, 0.3) is 5.65 Å². The van der Waals surface area contributed by atoms with Gasteiger partial charge in [-0.3, -0.25) is 18.8 Å². The highest BCUT2D eigenvalue weighted by Gasteiger charge is 2.29. The summed E-state index contributed by atoms with van der Waals surface area (Å²) in [7, 11) is 0. The van der Waals surface area contributed by atoms with Crippen LogP contribution >= 0.6 is 11.8 Å². The minimum Gasteiger partial charge on any atom is -0.345 e. The smallest absolute Gasteiger partial charge is 0.263 e. The Hall–Kier alpha value is -2.42. The number of aromatic nitrogens is 2. The van der Waals surface area contributed by atoms with Gasteiger partial charge in [-0.05, 0) is 30.6 Å². The maximum absolute atomic E-state index is 13.5. The average molecular weight is 392 g/mol. The Labute approximate surface area is 160 Å². The third kappa shape index (κ3) is 4.13. The van der Waals surface area contributed by atoms with E-state index in [-0.39, 0.29) is 23.9 Å². The van der Waals surface area contributed by atoms with Crippen molar-refractivity contribution in [1.29, 1.82) is 0 Å². The number of halogens is 1. The number of carbonyl (C=O) groups excluding carboxylic acids is 2. The van der Waals surface area contributed by atoms with Gasteiger partial charge in [0.25, 0.3) is 5.56 Å². The predicted molar refractivity (Wildman–Crippen MR) is 101 cm³/mol. The summed E-state index contributed by atoms with van der Waals surface area (Å²) >= 11 is 1.59. The molecule has 7 nitrogen and oxygen atoms in total. The van der Waals surface area contributed by atoms with Crippen LogP contribution in [0.2, 0.25) is 0 Å². The molecular weight excluding hydrogens is 371 g/mol. The molecule has 2 amide bonds. The van der Waals surface area contributed by atoms with E-state index in [1.54, 1.807) is 16.7 Å². The first kappa shape index (κ1) is 19.3. The van der Waals surface area contributed by atoms with E-state index >= 15 is 0 Å². The molecule has 1 unspecified atom stereocenters. The third-order valence-electron chi connectivity index (χ3n) is 4.53. The Morgan fingerprint density at radius 2 is 2.19 bits per heavy atom. The van der Waals surface area contributed by atoms with Crippen molar-refractivity contribution >= 4 is 29.2 Å². The summed E-state index contributed by atoms with van der Waals surface area (Å²) in [4.78, 5) is 43.1. The Kier molecular flexibility index (Phi) is 5.79. The predicted octanol–water partition coefficient (Wildman–Crippen LogP) is 0.976. The molecule has 27 heavy (non-hydrogen) atoms. The first-order valence-corrected chi connectivity index (χ1v) is 10.0. The molecule has 0 saturated heterocycles. The van der Waals surface area contributed by atoms with E-state index in [1.807, 2.05) is 6.26 Å². The molecule has 3 heterocycles. The standard InChI is InChI=1S/C18H21FN4O3S/c1-11(24)20-15(6-8-27-2)18(26)22-7-5-14-13(10-22)17(25)23-9-12(19)3-4-16(23)21-14/h3-4,9,15H,5-8,10H2,1-2H3,(H,20,24). The molecule has 0 aromatic carbocycles. The van der Waals surface area contributed by atoms with Crippen LogP contribution in [-0.4, -0.2) is 50.7 Å². The summed E-state index contributed by atoms with van der Waals surface area (Å²) in [5.41, 5.74) is 1.04. The quantitative estimate of drug-likeness (QED) is 0.820. The largest absolute Gasteiger partial charge is 0.345 e. The number of nitrogens with zero attached hydrogens (tertiary/aromatic N) is 3. The van der Waals surface area contributed by atoms with E-state index < -0.39 is 11.9 Å². The van der Waals surface area contributed by atoms with Crippen LogP contribution in [-0.2, 0) is 22.6 Å². The zero-order valence-electron chi connectivity index (χ0n) is 15.2. The Morgan fingerprint density at radius 1 is 1.41 bits per heavy atom. The first-order valence-electron chi connectivity index (χ1n) is 8.65. The lowest BCUT2D eigenvalue weighted by Crippen LogP contribution is -2.50. The number of fused-ring (bicyclic) bond motifs is 2. The van der Waals surface area contributed by atoms with Crippen LogP contribution in [0.1, 0.15) is 24.6 Å². The van der Waals surface area contributed by atoms with Crippen molar-refractivity contribution < 1.29 is 14.0 Å². The molecule has 1 aliphatic heterocycles. The fourth-order valence-corrected chi connectivity index (χ4v) is 3.69. The van der Waals surface area contributed by atoms with E-state index in [9.17, 15) is 18.8 Å². The van der Waals surface area contributed by atoms with E-state index in [4.69, 9.17) is 0 Å². The SMILES string of the molecule is CSCCC(NC(C)=O)C(=O)N1CCc2nc3ccc(F)cn3c(=O)c2C1. The first-order chi connectivity index (χ1) is 12.9. The number of hydrogen-bond acceptors (Lipinski definition) is 5. The zero-order valence-corrected chi connectivity index (χ0v) is 16.0. The average Bonchev–Trinajstić information content (AvgIpc) is 2.65. The van der Waals surface area contributed by atoms with Gasteiger partial charge in [0.15, 0.2) is 0 Å². The Balaban J connectivity index is 1.89. The maximum atomic E-state index is 13.5. The molecule has 3 rings (SSSR count). The Morgan fingerprint density at radius 3 is 2.89 bits per heavy atom. The van der Waals surface area contributed by atoms with Crippen molar-refractivity contribution in [1.82, 2.24) is 19.6 Å². The lowest BCUT2D eigenvalue weighted by molar-refractivity contribution is -0.137. The van der Waals surface area contributed by atoms with Crippen molar-refractivity contribution in [2.75, 3.05) is 18.6 Å². The van der Waals surface area contributed by atoms with Crippen LogP contribution in [0.4, 0.5) is 4.39 Å². The minimum absolute atomic E-state index is 0.106.